The largest absolute Gasteiger partial charge is 0.339 e. The Morgan fingerprint density at radius 1 is 1.05 bits per heavy atom. The van der Waals surface area contributed by atoms with Gasteiger partial charge in [0.15, 0.2) is 0 Å². The number of benzene rings is 1. The number of para-hydroxylation sites is 1. The minimum Gasteiger partial charge on any atom is -0.339 e. The molecule has 1 N–H and O–H groups in total. The molecule has 2 aliphatic rings. The predicted octanol–water partition coefficient (Wildman–Crippen LogP) is 1.74. The molecule has 2 saturated heterocycles. The minimum atomic E-state index is 0.525. The normalized spacial score (nSPS) is 28.8. The summed E-state index contributed by atoms with van der Waals surface area (Å²) >= 11 is 0. The van der Waals surface area contributed by atoms with Crippen LogP contribution in [-0.2, 0) is 0 Å². The summed E-state index contributed by atoms with van der Waals surface area (Å²) in [6.07, 6.45) is 4.99. The third kappa shape index (κ3) is 2.02. The van der Waals surface area contributed by atoms with Gasteiger partial charge in [0.25, 0.3) is 0 Å². The van der Waals surface area contributed by atoms with Crippen molar-refractivity contribution in [3.8, 4) is 0 Å². The van der Waals surface area contributed by atoms with Gasteiger partial charge in [0, 0.05) is 25.2 Å². The molecule has 0 aliphatic carbocycles. The van der Waals surface area contributed by atoms with Gasteiger partial charge in [-0.15, -0.1) is 10.2 Å². The summed E-state index contributed by atoms with van der Waals surface area (Å²) in [5.41, 5.74) is 1.77. The maximum absolute atomic E-state index is 4.65. The Kier molecular flexibility index (Phi) is 2.80. The molecule has 1 aromatic carbocycles. The molecule has 0 amide bonds. The topological polar surface area (TPSA) is 53.9 Å². The van der Waals surface area contributed by atoms with Crippen molar-refractivity contribution in [2.45, 2.75) is 43.8 Å². The van der Waals surface area contributed by atoms with E-state index < -0.39 is 0 Å². The second-order valence-electron chi connectivity index (χ2n) is 5.97. The average Bonchev–Trinajstić information content (AvgIpc) is 2.84. The molecule has 2 aromatic rings. The second-order valence-corrected chi connectivity index (χ2v) is 5.97. The van der Waals surface area contributed by atoms with E-state index in [1.807, 2.05) is 24.3 Å². The number of hydrogen-bond donors (Lipinski definition) is 1. The first kappa shape index (κ1) is 12.0. The zero-order chi connectivity index (χ0) is 13.5. The first-order chi connectivity index (χ1) is 9.79. The Bertz CT molecular complexity index is 616. The van der Waals surface area contributed by atoms with Crippen LogP contribution >= 0.6 is 0 Å². The fourth-order valence-electron chi connectivity index (χ4n) is 3.53. The smallest absolute Gasteiger partial charge is 0.245 e. The maximum Gasteiger partial charge on any atom is 0.245 e. The molecule has 4 rings (SSSR count). The monoisotopic (exact) mass is 269 g/mol. The molecule has 2 bridgehead atoms. The Morgan fingerprint density at radius 3 is 2.50 bits per heavy atom. The highest BCUT2D eigenvalue weighted by Crippen LogP contribution is 2.30. The van der Waals surface area contributed by atoms with Crippen LogP contribution in [0.3, 0.4) is 0 Å². The van der Waals surface area contributed by atoms with Gasteiger partial charge >= 0.3 is 0 Å². The maximum atomic E-state index is 4.65. The lowest BCUT2D eigenvalue weighted by Gasteiger charge is -2.35. The molecule has 3 heterocycles. The van der Waals surface area contributed by atoms with E-state index in [-0.39, 0.29) is 0 Å². The highest BCUT2D eigenvalue weighted by Gasteiger charge is 2.35. The van der Waals surface area contributed by atoms with Crippen LogP contribution in [0.25, 0.3) is 11.0 Å². The molecular formula is C15H19N5. The van der Waals surface area contributed by atoms with E-state index in [0.29, 0.717) is 18.1 Å². The van der Waals surface area contributed by atoms with Gasteiger partial charge in [0.05, 0.1) is 5.52 Å². The Labute approximate surface area is 118 Å². The van der Waals surface area contributed by atoms with Crippen LogP contribution in [0, 0.1) is 0 Å². The van der Waals surface area contributed by atoms with Crippen LogP contribution in [-0.4, -0.2) is 40.4 Å². The molecule has 2 aliphatic heterocycles. The van der Waals surface area contributed by atoms with Crippen LogP contribution in [0.15, 0.2) is 24.3 Å². The molecule has 2 fully saturated rings. The summed E-state index contributed by atoms with van der Waals surface area (Å²) in [6, 6.07) is 9.77. The summed E-state index contributed by atoms with van der Waals surface area (Å²) in [5, 5.41) is 12.3. The van der Waals surface area contributed by atoms with E-state index in [4.69, 9.17) is 0 Å². The number of nitrogens with zero attached hydrogens (tertiary/aromatic N) is 4. The molecule has 20 heavy (non-hydrogen) atoms. The molecule has 104 valence electrons. The number of anilines is 1. The molecule has 5 heteroatoms. The lowest BCUT2D eigenvalue weighted by Crippen LogP contribution is -2.47. The van der Waals surface area contributed by atoms with Gasteiger partial charge in [0.2, 0.25) is 5.95 Å². The van der Waals surface area contributed by atoms with Gasteiger partial charge in [-0.05, 0) is 37.8 Å². The lowest BCUT2D eigenvalue weighted by molar-refractivity contribution is 0.352. The standard InChI is InChI=1S/C15H19N5/c1-20(12-8-10-6-7-11(9-12)16-10)15-17-13-4-2-3-5-14(13)18-19-15/h2-5,10-12,16H,6-9H2,1H3. The molecule has 2 unspecified atom stereocenters. The van der Waals surface area contributed by atoms with Gasteiger partial charge < -0.3 is 10.2 Å². The molecule has 0 radical (unpaired) electrons. The lowest BCUT2D eigenvalue weighted by atomic mass is 9.99. The zero-order valence-electron chi connectivity index (χ0n) is 11.7. The van der Waals surface area contributed by atoms with Gasteiger partial charge in [-0.1, -0.05) is 12.1 Å². The Morgan fingerprint density at radius 2 is 1.75 bits per heavy atom. The number of hydrogen-bond acceptors (Lipinski definition) is 5. The van der Waals surface area contributed by atoms with E-state index in [1.54, 1.807) is 0 Å². The van der Waals surface area contributed by atoms with Crippen molar-refractivity contribution < 1.29 is 0 Å². The van der Waals surface area contributed by atoms with Crippen molar-refractivity contribution in [2.75, 3.05) is 11.9 Å². The van der Waals surface area contributed by atoms with Crippen LogP contribution < -0.4 is 10.2 Å². The van der Waals surface area contributed by atoms with Gasteiger partial charge in [-0.3, -0.25) is 0 Å². The van der Waals surface area contributed by atoms with Gasteiger partial charge in [0.1, 0.15) is 5.52 Å². The SMILES string of the molecule is CN(c1nnc2ccccc2n1)C1CC2CCC(C1)N2. The molecular weight excluding hydrogens is 250 g/mol. The Balaban J connectivity index is 1.61. The fourth-order valence-corrected chi connectivity index (χ4v) is 3.53. The summed E-state index contributed by atoms with van der Waals surface area (Å²) in [4.78, 5) is 6.87. The van der Waals surface area contributed by atoms with E-state index in [0.717, 1.165) is 17.0 Å². The minimum absolute atomic E-state index is 0.525. The van der Waals surface area contributed by atoms with Crippen molar-refractivity contribution in [1.29, 1.82) is 0 Å². The summed E-state index contributed by atoms with van der Waals surface area (Å²) in [7, 11) is 2.10. The molecule has 2 atom stereocenters. The second kappa shape index (κ2) is 4.66. The average molecular weight is 269 g/mol. The molecule has 5 nitrogen and oxygen atoms in total. The molecule has 0 saturated carbocycles. The fraction of sp³-hybridized carbons (Fsp3) is 0.533. The van der Waals surface area contributed by atoms with Gasteiger partial charge in [-0.25, -0.2) is 4.98 Å². The van der Waals surface area contributed by atoms with Gasteiger partial charge in [-0.2, -0.15) is 0 Å². The first-order valence-electron chi connectivity index (χ1n) is 7.38. The quantitative estimate of drug-likeness (QED) is 0.900. The van der Waals surface area contributed by atoms with Crippen molar-refractivity contribution in [3.05, 3.63) is 24.3 Å². The summed E-state index contributed by atoms with van der Waals surface area (Å²) in [6.45, 7) is 0. The number of piperidine rings is 1. The molecule has 0 spiro atoms. The summed E-state index contributed by atoms with van der Waals surface area (Å²) < 4.78 is 0. The number of rotatable bonds is 2. The van der Waals surface area contributed by atoms with E-state index in [2.05, 4.69) is 32.4 Å². The van der Waals surface area contributed by atoms with Crippen LogP contribution in [0.5, 0.6) is 0 Å². The van der Waals surface area contributed by atoms with Crippen molar-refractivity contribution in [1.82, 2.24) is 20.5 Å². The molecule has 1 aromatic heterocycles. The van der Waals surface area contributed by atoms with Crippen molar-refractivity contribution >= 4 is 17.0 Å². The van der Waals surface area contributed by atoms with Crippen LogP contribution in [0.2, 0.25) is 0 Å². The van der Waals surface area contributed by atoms with E-state index in [9.17, 15) is 0 Å². The van der Waals surface area contributed by atoms with Crippen LogP contribution in [0.4, 0.5) is 5.95 Å². The van der Waals surface area contributed by atoms with E-state index >= 15 is 0 Å². The van der Waals surface area contributed by atoms with Crippen molar-refractivity contribution in [2.24, 2.45) is 0 Å². The summed E-state index contributed by atoms with van der Waals surface area (Å²) in [5.74, 6) is 0.745. The Hall–Kier alpha value is -1.75. The third-order valence-corrected chi connectivity index (χ3v) is 4.66. The van der Waals surface area contributed by atoms with Crippen LogP contribution in [0.1, 0.15) is 25.7 Å². The highest BCUT2D eigenvalue weighted by molar-refractivity contribution is 5.74. The predicted molar refractivity (Wildman–Crippen MR) is 78.7 cm³/mol. The zero-order valence-corrected chi connectivity index (χ0v) is 11.7. The third-order valence-electron chi connectivity index (χ3n) is 4.66. The van der Waals surface area contributed by atoms with E-state index in [1.165, 1.54) is 25.7 Å². The number of fused-ring (bicyclic) bond motifs is 3. The number of aromatic nitrogens is 3. The highest BCUT2D eigenvalue weighted by atomic mass is 15.3. The van der Waals surface area contributed by atoms with Crippen molar-refractivity contribution in [3.63, 3.8) is 0 Å². The number of nitrogens with one attached hydrogen (secondary N) is 1. The first-order valence-corrected chi connectivity index (χ1v) is 7.38.